The SMILES string of the molecule is C=C(C(CC=C(C)C)OC(=O)C=C(C)C)C1CC2OC2(C)C(=O)C1OC(=O)C(C)=CC. The summed E-state index contributed by atoms with van der Waals surface area (Å²) >= 11 is 0. The number of allylic oxidation sites excluding steroid dienone is 3. The molecule has 2 aliphatic rings. The second kappa shape index (κ2) is 9.77. The molecule has 0 N–H and O–H groups in total. The summed E-state index contributed by atoms with van der Waals surface area (Å²) in [5.41, 5.74) is 1.92. The van der Waals surface area contributed by atoms with Crippen molar-refractivity contribution in [3.8, 4) is 0 Å². The molecule has 1 heterocycles. The van der Waals surface area contributed by atoms with Gasteiger partial charge in [-0.3, -0.25) is 4.79 Å². The number of carbonyl (C=O) groups excluding carboxylic acids is 3. The first-order chi connectivity index (χ1) is 14.4. The summed E-state index contributed by atoms with van der Waals surface area (Å²) in [6, 6.07) is 0. The van der Waals surface area contributed by atoms with Gasteiger partial charge >= 0.3 is 11.9 Å². The Labute approximate surface area is 185 Å². The standard InChI is InChI=1S/C25H34O6/c1-9-16(6)24(28)30-22-18(13-20-25(8,31-20)23(22)27)17(7)19(11-10-14(2)3)29-21(26)12-15(4)5/h9-10,12,18-20,22H,7,11,13H2,1-6,8H3. The van der Waals surface area contributed by atoms with Gasteiger partial charge in [0.2, 0.25) is 5.78 Å². The highest BCUT2D eigenvalue weighted by Crippen LogP contribution is 2.50. The van der Waals surface area contributed by atoms with E-state index in [1.807, 2.05) is 33.8 Å². The molecule has 31 heavy (non-hydrogen) atoms. The lowest BCUT2D eigenvalue weighted by Gasteiger charge is -2.34. The third-order valence-electron chi connectivity index (χ3n) is 5.81. The number of fused-ring (bicyclic) bond motifs is 1. The van der Waals surface area contributed by atoms with Gasteiger partial charge in [-0.05, 0) is 60.5 Å². The van der Waals surface area contributed by atoms with Crippen LogP contribution in [0, 0.1) is 5.92 Å². The highest BCUT2D eigenvalue weighted by Gasteiger charge is 2.66. The van der Waals surface area contributed by atoms with E-state index in [1.165, 1.54) is 6.08 Å². The van der Waals surface area contributed by atoms with Gasteiger partial charge in [0, 0.05) is 24.0 Å². The molecular formula is C25H34O6. The maximum Gasteiger partial charge on any atom is 0.334 e. The first-order valence-electron chi connectivity index (χ1n) is 10.6. The third-order valence-corrected chi connectivity index (χ3v) is 5.81. The first-order valence-corrected chi connectivity index (χ1v) is 10.6. The molecule has 0 aromatic heterocycles. The summed E-state index contributed by atoms with van der Waals surface area (Å²) in [5.74, 6) is -1.80. The zero-order valence-corrected chi connectivity index (χ0v) is 19.6. The molecule has 6 nitrogen and oxygen atoms in total. The Kier molecular flexibility index (Phi) is 7.82. The first kappa shape index (κ1) is 24.8. The van der Waals surface area contributed by atoms with Crippen LogP contribution in [-0.4, -0.2) is 41.6 Å². The minimum atomic E-state index is -1.03. The van der Waals surface area contributed by atoms with E-state index >= 15 is 0 Å². The number of rotatable bonds is 8. The van der Waals surface area contributed by atoms with E-state index in [-0.39, 0.29) is 11.9 Å². The normalized spacial score (nSPS) is 28.0. The lowest BCUT2D eigenvalue weighted by molar-refractivity contribution is -0.157. The number of epoxide rings is 1. The van der Waals surface area contributed by atoms with E-state index in [9.17, 15) is 14.4 Å². The molecule has 1 aliphatic carbocycles. The Morgan fingerprint density at radius 2 is 1.87 bits per heavy atom. The quantitative estimate of drug-likeness (QED) is 0.246. The molecule has 0 spiro atoms. The van der Waals surface area contributed by atoms with Crippen molar-refractivity contribution in [3.63, 3.8) is 0 Å². The number of hydrogen-bond acceptors (Lipinski definition) is 6. The van der Waals surface area contributed by atoms with Crippen molar-refractivity contribution in [1.29, 1.82) is 0 Å². The van der Waals surface area contributed by atoms with Crippen LogP contribution in [-0.2, 0) is 28.6 Å². The topological polar surface area (TPSA) is 82.2 Å². The molecule has 1 aliphatic heterocycles. The highest BCUT2D eigenvalue weighted by molar-refractivity contribution is 5.98. The molecule has 0 aromatic rings. The Morgan fingerprint density at radius 1 is 1.23 bits per heavy atom. The predicted molar refractivity (Wildman–Crippen MR) is 118 cm³/mol. The Balaban J connectivity index is 2.33. The van der Waals surface area contributed by atoms with Crippen LogP contribution < -0.4 is 0 Å². The smallest absolute Gasteiger partial charge is 0.334 e. The second-order valence-corrected chi connectivity index (χ2v) is 8.96. The van der Waals surface area contributed by atoms with Crippen molar-refractivity contribution in [2.24, 2.45) is 5.92 Å². The van der Waals surface area contributed by atoms with Crippen LogP contribution in [0.2, 0.25) is 0 Å². The number of ether oxygens (including phenoxy) is 3. The molecule has 0 bridgehead atoms. The maximum atomic E-state index is 13.1. The van der Waals surface area contributed by atoms with Crippen molar-refractivity contribution in [2.45, 2.75) is 85.2 Å². The van der Waals surface area contributed by atoms with Crippen molar-refractivity contribution in [3.05, 3.63) is 47.1 Å². The fourth-order valence-electron chi connectivity index (χ4n) is 3.64. The fourth-order valence-corrected chi connectivity index (χ4v) is 3.64. The lowest BCUT2D eigenvalue weighted by Crippen LogP contribution is -2.49. The minimum Gasteiger partial charge on any atom is -0.454 e. The van der Waals surface area contributed by atoms with Crippen molar-refractivity contribution >= 4 is 17.7 Å². The van der Waals surface area contributed by atoms with Crippen LogP contribution in [0.15, 0.2) is 47.1 Å². The molecule has 0 aromatic carbocycles. The monoisotopic (exact) mass is 430 g/mol. The molecule has 0 amide bonds. The van der Waals surface area contributed by atoms with E-state index < -0.39 is 35.7 Å². The molecule has 5 atom stereocenters. The van der Waals surface area contributed by atoms with E-state index in [2.05, 4.69) is 6.58 Å². The lowest BCUT2D eigenvalue weighted by atomic mass is 9.74. The molecule has 170 valence electrons. The van der Waals surface area contributed by atoms with E-state index in [0.717, 1.165) is 11.1 Å². The van der Waals surface area contributed by atoms with Crippen molar-refractivity contribution in [2.75, 3.05) is 0 Å². The number of carbonyl (C=O) groups is 3. The summed E-state index contributed by atoms with van der Waals surface area (Å²) < 4.78 is 17.0. The summed E-state index contributed by atoms with van der Waals surface area (Å²) in [6.45, 7) is 16.8. The second-order valence-electron chi connectivity index (χ2n) is 8.96. The van der Waals surface area contributed by atoms with Crippen LogP contribution in [0.5, 0.6) is 0 Å². The Morgan fingerprint density at radius 3 is 2.42 bits per heavy atom. The van der Waals surface area contributed by atoms with Gasteiger partial charge in [0.1, 0.15) is 6.10 Å². The number of Topliss-reactive ketones (excluding diaryl/α,β-unsaturated/α-hetero) is 1. The third kappa shape index (κ3) is 5.82. The van der Waals surface area contributed by atoms with Crippen molar-refractivity contribution < 1.29 is 28.6 Å². The van der Waals surface area contributed by atoms with Crippen LogP contribution in [0.4, 0.5) is 0 Å². The van der Waals surface area contributed by atoms with E-state index in [4.69, 9.17) is 14.2 Å². The van der Waals surface area contributed by atoms with Crippen LogP contribution in [0.25, 0.3) is 0 Å². The summed E-state index contributed by atoms with van der Waals surface area (Å²) in [6.07, 6.45) is 3.97. The number of ketones is 1. The van der Waals surface area contributed by atoms with Gasteiger partial charge in [-0.25, -0.2) is 9.59 Å². The molecule has 6 heteroatoms. The van der Waals surface area contributed by atoms with Gasteiger partial charge in [-0.1, -0.05) is 29.9 Å². The number of esters is 2. The van der Waals surface area contributed by atoms with E-state index in [0.29, 0.717) is 24.0 Å². The summed E-state index contributed by atoms with van der Waals surface area (Å²) in [4.78, 5) is 37.9. The van der Waals surface area contributed by atoms with Crippen LogP contribution in [0.1, 0.15) is 61.3 Å². The van der Waals surface area contributed by atoms with Gasteiger partial charge in [-0.15, -0.1) is 0 Å². The van der Waals surface area contributed by atoms with Gasteiger partial charge in [0.05, 0.1) is 6.10 Å². The minimum absolute atomic E-state index is 0.253. The molecular weight excluding hydrogens is 396 g/mol. The summed E-state index contributed by atoms with van der Waals surface area (Å²) in [7, 11) is 0. The molecule has 1 saturated heterocycles. The van der Waals surface area contributed by atoms with Gasteiger partial charge in [0.25, 0.3) is 0 Å². The summed E-state index contributed by atoms with van der Waals surface area (Å²) in [5, 5.41) is 0. The van der Waals surface area contributed by atoms with Gasteiger partial charge in [-0.2, -0.15) is 0 Å². The van der Waals surface area contributed by atoms with Crippen molar-refractivity contribution in [1.82, 2.24) is 0 Å². The molecule has 5 unspecified atom stereocenters. The highest BCUT2D eigenvalue weighted by atomic mass is 16.6. The maximum absolute atomic E-state index is 13.1. The van der Waals surface area contributed by atoms with Crippen LogP contribution >= 0.6 is 0 Å². The zero-order chi connectivity index (χ0) is 23.5. The average molecular weight is 431 g/mol. The Hall–Kier alpha value is -2.47. The molecule has 0 radical (unpaired) electrons. The zero-order valence-electron chi connectivity index (χ0n) is 19.6. The molecule has 2 fully saturated rings. The fraction of sp³-hybridized carbons (Fsp3) is 0.560. The average Bonchev–Trinajstić information content (AvgIpc) is 3.36. The molecule has 1 saturated carbocycles. The van der Waals surface area contributed by atoms with E-state index in [1.54, 1.807) is 26.8 Å². The number of hydrogen-bond donors (Lipinski definition) is 0. The van der Waals surface area contributed by atoms with Gasteiger partial charge in [0.15, 0.2) is 11.7 Å². The largest absolute Gasteiger partial charge is 0.454 e. The van der Waals surface area contributed by atoms with Crippen LogP contribution in [0.3, 0.4) is 0 Å². The molecule has 2 rings (SSSR count). The Bertz CT molecular complexity index is 853. The van der Waals surface area contributed by atoms with Gasteiger partial charge < -0.3 is 14.2 Å². The predicted octanol–water partition coefficient (Wildman–Crippen LogP) is 4.40.